The van der Waals surface area contributed by atoms with E-state index in [4.69, 9.17) is 11.6 Å². The summed E-state index contributed by atoms with van der Waals surface area (Å²) in [5.74, 6) is 0.541. The predicted molar refractivity (Wildman–Crippen MR) is 110 cm³/mol. The first-order valence-corrected chi connectivity index (χ1v) is 10.3. The van der Waals surface area contributed by atoms with E-state index >= 15 is 0 Å². The van der Waals surface area contributed by atoms with Gasteiger partial charge < -0.3 is 10.2 Å². The Morgan fingerprint density at radius 2 is 1.93 bits per heavy atom. The Bertz CT molecular complexity index is 908. The van der Waals surface area contributed by atoms with Gasteiger partial charge in [0.15, 0.2) is 5.82 Å². The number of nitrogens with zero attached hydrogens (tertiary/aromatic N) is 4. The third-order valence-electron chi connectivity index (χ3n) is 5.57. The fourth-order valence-corrected chi connectivity index (χ4v) is 4.10. The zero-order chi connectivity index (χ0) is 21.9. The van der Waals surface area contributed by atoms with Crippen LogP contribution in [0.25, 0.3) is 5.82 Å². The van der Waals surface area contributed by atoms with Crippen LogP contribution in [-0.4, -0.2) is 46.3 Å². The second kappa shape index (κ2) is 9.34. The monoisotopic (exact) mass is 443 g/mol. The number of halogens is 4. The highest BCUT2D eigenvalue weighted by Gasteiger charge is 2.31. The van der Waals surface area contributed by atoms with Crippen LogP contribution in [0.4, 0.5) is 18.9 Å². The van der Waals surface area contributed by atoms with Crippen molar-refractivity contribution in [2.75, 3.05) is 26.0 Å². The van der Waals surface area contributed by atoms with Crippen molar-refractivity contribution < 1.29 is 13.2 Å². The van der Waals surface area contributed by atoms with Crippen LogP contribution in [0.2, 0.25) is 5.02 Å². The third kappa shape index (κ3) is 5.13. The Kier molecular flexibility index (Phi) is 7.02. The first kappa shape index (κ1) is 22.6. The number of rotatable bonds is 6. The fraction of sp³-hybridized carbons (Fsp3) is 0.550. The van der Waals surface area contributed by atoms with Gasteiger partial charge in [0.1, 0.15) is 5.02 Å². The van der Waals surface area contributed by atoms with Gasteiger partial charge in [-0.25, -0.2) is 4.98 Å². The smallest absolute Gasteiger partial charge is 0.381 e. The highest BCUT2D eigenvalue weighted by molar-refractivity contribution is 6.32. The summed E-state index contributed by atoms with van der Waals surface area (Å²) in [7, 11) is 4.07. The first-order chi connectivity index (χ1) is 14.2. The number of aromatic nitrogens is 3. The topological polar surface area (TPSA) is 63.1 Å². The minimum Gasteiger partial charge on any atom is -0.381 e. The molecule has 0 aromatic carbocycles. The average molecular weight is 444 g/mol. The Balaban J connectivity index is 1.76. The number of alkyl halides is 3. The maximum absolute atomic E-state index is 12.7. The molecule has 1 atom stereocenters. The van der Waals surface area contributed by atoms with E-state index in [9.17, 15) is 18.0 Å². The van der Waals surface area contributed by atoms with Gasteiger partial charge in [-0.05, 0) is 45.0 Å². The predicted octanol–water partition coefficient (Wildman–Crippen LogP) is 4.22. The Morgan fingerprint density at radius 1 is 1.23 bits per heavy atom. The second-order valence-corrected chi connectivity index (χ2v) is 8.18. The van der Waals surface area contributed by atoms with Crippen LogP contribution in [0, 0.1) is 5.92 Å². The first-order valence-electron chi connectivity index (χ1n) is 9.90. The number of pyridine rings is 1. The quantitative estimate of drug-likeness (QED) is 0.724. The van der Waals surface area contributed by atoms with E-state index in [0.29, 0.717) is 30.4 Å². The van der Waals surface area contributed by atoms with Gasteiger partial charge in [0.05, 0.1) is 17.4 Å². The van der Waals surface area contributed by atoms with Crippen LogP contribution >= 0.6 is 11.6 Å². The van der Waals surface area contributed by atoms with Crippen LogP contribution in [-0.2, 0) is 6.18 Å². The van der Waals surface area contributed by atoms with Crippen molar-refractivity contribution >= 4 is 17.3 Å². The molecular formula is C20H25ClF3N5O. The largest absolute Gasteiger partial charge is 0.417 e. The summed E-state index contributed by atoms with van der Waals surface area (Å²) in [6, 6.07) is 2.23. The van der Waals surface area contributed by atoms with E-state index in [2.05, 4.69) is 20.3 Å². The van der Waals surface area contributed by atoms with Gasteiger partial charge in [0.25, 0.3) is 5.56 Å². The van der Waals surface area contributed by atoms with Crippen molar-refractivity contribution in [3.63, 3.8) is 0 Å². The van der Waals surface area contributed by atoms with Crippen LogP contribution in [0.5, 0.6) is 0 Å². The number of anilines is 1. The maximum atomic E-state index is 12.7. The van der Waals surface area contributed by atoms with E-state index in [1.54, 1.807) is 0 Å². The van der Waals surface area contributed by atoms with E-state index in [1.807, 2.05) is 14.1 Å². The molecule has 164 valence electrons. The molecule has 0 radical (unpaired) electrons. The fourth-order valence-electron chi connectivity index (χ4n) is 3.90. The summed E-state index contributed by atoms with van der Waals surface area (Å²) in [6.45, 7) is 0.612. The zero-order valence-electron chi connectivity index (χ0n) is 16.9. The number of nitrogens with one attached hydrogen (secondary N) is 1. The van der Waals surface area contributed by atoms with Gasteiger partial charge in [-0.1, -0.05) is 30.9 Å². The molecule has 2 heterocycles. The highest BCUT2D eigenvalue weighted by atomic mass is 35.5. The Morgan fingerprint density at radius 3 is 2.50 bits per heavy atom. The Labute approximate surface area is 178 Å². The lowest BCUT2D eigenvalue weighted by Crippen LogP contribution is -2.41. The second-order valence-electron chi connectivity index (χ2n) is 7.80. The molecule has 2 aromatic heterocycles. The minimum atomic E-state index is -4.50. The van der Waals surface area contributed by atoms with Crippen molar-refractivity contribution in [3.05, 3.63) is 45.5 Å². The standard InChI is InChI=1S/C20H25ClF3N5O/c1-28(2)16(13-6-4-3-5-7-13)12-25-15-11-27-29(19(30)18(15)21)17-9-8-14(10-26-17)20(22,23)24/h8-11,13,16,25H,3-7,12H2,1-2H3/t16-/m1/s1. The third-order valence-corrected chi connectivity index (χ3v) is 5.94. The molecule has 1 saturated carbocycles. The van der Waals surface area contributed by atoms with E-state index in [-0.39, 0.29) is 10.8 Å². The number of hydrogen-bond donors (Lipinski definition) is 1. The van der Waals surface area contributed by atoms with Gasteiger partial charge >= 0.3 is 6.18 Å². The molecule has 30 heavy (non-hydrogen) atoms. The molecule has 3 rings (SSSR count). The lowest BCUT2D eigenvalue weighted by atomic mass is 9.83. The molecule has 0 unspecified atom stereocenters. The van der Waals surface area contributed by atoms with Crippen LogP contribution in [0.3, 0.4) is 0 Å². The van der Waals surface area contributed by atoms with Crippen LogP contribution in [0.15, 0.2) is 29.3 Å². The minimum absolute atomic E-state index is 0.0326. The SMILES string of the molecule is CN(C)[C@H](CNc1cnn(-c2ccc(C(F)(F)F)cn2)c(=O)c1Cl)C1CCCCC1. The van der Waals surface area contributed by atoms with Gasteiger partial charge in [-0.15, -0.1) is 0 Å². The zero-order valence-corrected chi connectivity index (χ0v) is 17.7. The number of hydrogen-bond acceptors (Lipinski definition) is 5. The molecule has 0 bridgehead atoms. The summed E-state index contributed by atoms with van der Waals surface area (Å²) in [4.78, 5) is 18.5. The molecule has 6 nitrogen and oxygen atoms in total. The van der Waals surface area contributed by atoms with E-state index in [1.165, 1.54) is 38.3 Å². The molecule has 0 amide bonds. The van der Waals surface area contributed by atoms with Crippen molar-refractivity contribution in [2.45, 2.75) is 44.3 Å². The summed E-state index contributed by atoms with van der Waals surface area (Å²) < 4.78 is 39.0. The average Bonchev–Trinajstić information content (AvgIpc) is 2.71. The molecule has 1 aliphatic carbocycles. The van der Waals surface area contributed by atoms with Gasteiger partial charge in [-0.3, -0.25) is 4.79 Å². The molecule has 2 aromatic rings. The van der Waals surface area contributed by atoms with Crippen molar-refractivity contribution in [3.8, 4) is 5.82 Å². The maximum Gasteiger partial charge on any atom is 0.417 e. The molecular weight excluding hydrogens is 419 g/mol. The number of likely N-dealkylation sites (N-methyl/N-ethyl adjacent to an activating group) is 1. The molecule has 0 spiro atoms. The molecule has 0 saturated heterocycles. The van der Waals surface area contributed by atoms with E-state index < -0.39 is 17.3 Å². The summed E-state index contributed by atoms with van der Waals surface area (Å²) in [6.07, 6.45) is 3.65. The van der Waals surface area contributed by atoms with Gasteiger partial charge in [-0.2, -0.15) is 23.0 Å². The molecule has 1 N–H and O–H groups in total. The normalized spacial score (nSPS) is 16.6. The van der Waals surface area contributed by atoms with Crippen LogP contribution in [0.1, 0.15) is 37.7 Å². The lowest BCUT2D eigenvalue weighted by Gasteiger charge is -2.35. The molecule has 1 aliphatic rings. The summed E-state index contributed by atoms with van der Waals surface area (Å²) in [5, 5.41) is 7.18. The molecule has 1 fully saturated rings. The molecule has 10 heteroatoms. The summed E-state index contributed by atoms with van der Waals surface area (Å²) >= 11 is 6.24. The van der Waals surface area contributed by atoms with Crippen molar-refractivity contribution in [2.24, 2.45) is 5.92 Å². The van der Waals surface area contributed by atoms with Crippen LogP contribution < -0.4 is 10.9 Å². The highest BCUT2D eigenvalue weighted by Crippen LogP contribution is 2.30. The summed E-state index contributed by atoms with van der Waals surface area (Å²) in [5.41, 5.74) is -1.15. The Hall–Kier alpha value is -2.13. The van der Waals surface area contributed by atoms with E-state index in [0.717, 1.165) is 16.8 Å². The van der Waals surface area contributed by atoms with Gasteiger partial charge in [0, 0.05) is 18.8 Å². The van der Waals surface area contributed by atoms with Gasteiger partial charge in [0.2, 0.25) is 0 Å². The van der Waals surface area contributed by atoms with Crippen molar-refractivity contribution in [1.82, 2.24) is 19.7 Å². The lowest BCUT2D eigenvalue weighted by molar-refractivity contribution is -0.137. The van der Waals surface area contributed by atoms with Crippen molar-refractivity contribution in [1.29, 1.82) is 0 Å². The molecule has 0 aliphatic heterocycles.